The molecule has 1 aliphatic carbocycles. The number of benzene rings is 1. The van der Waals surface area contributed by atoms with Gasteiger partial charge in [0.2, 0.25) is 0 Å². The molecule has 0 spiro atoms. The van der Waals surface area contributed by atoms with Crippen molar-refractivity contribution in [3.05, 3.63) is 29.3 Å². The van der Waals surface area contributed by atoms with E-state index in [1.807, 2.05) is 0 Å². The monoisotopic (exact) mass is 247 g/mol. The summed E-state index contributed by atoms with van der Waals surface area (Å²) >= 11 is 0. The summed E-state index contributed by atoms with van der Waals surface area (Å²) in [6.07, 6.45) is 6.26. The molecule has 1 saturated carbocycles. The van der Waals surface area contributed by atoms with E-state index in [4.69, 9.17) is 10.5 Å². The normalized spacial score (nSPS) is 18.9. The van der Waals surface area contributed by atoms with Gasteiger partial charge in [-0.05, 0) is 50.8 Å². The lowest BCUT2D eigenvalue weighted by atomic mass is 9.77. The molecule has 1 aromatic rings. The van der Waals surface area contributed by atoms with Gasteiger partial charge in [0.15, 0.2) is 0 Å². The van der Waals surface area contributed by atoms with E-state index >= 15 is 0 Å². The Morgan fingerprint density at radius 1 is 1.17 bits per heavy atom. The van der Waals surface area contributed by atoms with Crippen molar-refractivity contribution in [3.8, 4) is 5.75 Å². The van der Waals surface area contributed by atoms with Crippen molar-refractivity contribution in [2.75, 3.05) is 0 Å². The van der Waals surface area contributed by atoms with Gasteiger partial charge in [0.25, 0.3) is 0 Å². The smallest absolute Gasteiger partial charge is 0.122 e. The van der Waals surface area contributed by atoms with Crippen LogP contribution in [0.5, 0.6) is 5.75 Å². The number of hydrogen-bond donors (Lipinski definition) is 1. The molecule has 0 saturated heterocycles. The van der Waals surface area contributed by atoms with Crippen LogP contribution in [0.3, 0.4) is 0 Å². The van der Waals surface area contributed by atoms with Gasteiger partial charge >= 0.3 is 0 Å². The first-order chi connectivity index (χ1) is 8.51. The Bertz CT molecular complexity index is 406. The Kier molecular flexibility index (Phi) is 3.96. The van der Waals surface area contributed by atoms with Gasteiger partial charge in [0, 0.05) is 5.54 Å². The molecule has 0 aromatic heterocycles. The van der Waals surface area contributed by atoms with Crippen molar-refractivity contribution < 1.29 is 4.74 Å². The molecule has 0 amide bonds. The average Bonchev–Trinajstić information content (AvgIpc) is 2.32. The van der Waals surface area contributed by atoms with E-state index < -0.39 is 0 Å². The Morgan fingerprint density at radius 2 is 1.83 bits per heavy atom. The van der Waals surface area contributed by atoms with Gasteiger partial charge in [-0.25, -0.2) is 0 Å². The first-order valence-corrected chi connectivity index (χ1v) is 7.08. The molecule has 100 valence electrons. The van der Waals surface area contributed by atoms with Gasteiger partial charge in [-0.1, -0.05) is 31.4 Å². The summed E-state index contributed by atoms with van der Waals surface area (Å²) in [5.41, 5.74) is 8.91. The second-order valence-electron chi connectivity index (χ2n) is 5.86. The second-order valence-corrected chi connectivity index (χ2v) is 5.86. The Balaban J connectivity index is 2.22. The van der Waals surface area contributed by atoms with Crippen molar-refractivity contribution in [2.24, 2.45) is 5.73 Å². The molecule has 2 rings (SSSR count). The summed E-state index contributed by atoms with van der Waals surface area (Å²) in [5, 5.41) is 0. The molecule has 0 bridgehead atoms. The molecule has 2 heteroatoms. The minimum absolute atomic E-state index is 0.112. The second kappa shape index (κ2) is 5.31. The third-order valence-corrected chi connectivity index (χ3v) is 3.86. The highest BCUT2D eigenvalue weighted by atomic mass is 16.5. The summed E-state index contributed by atoms with van der Waals surface area (Å²) in [5.74, 6) is 0.980. The molecule has 0 unspecified atom stereocenters. The van der Waals surface area contributed by atoms with E-state index in [-0.39, 0.29) is 11.6 Å². The van der Waals surface area contributed by atoms with Gasteiger partial charge in [-0.3, -0.25) is 0 Å². The lowest BCUT2D eigenvalue weighted by Crippen LogP contribution is -2.38. The van der Waals surface area contributed by atoms with Crippen molar-refractivity contribution in [3.63, 3.8) is 0 Å². The summed E-state index contributed by atoms with van der Waals surface area (Å²) in [6.45, 7) is 6.21. The highest BCUT2D eigenvalue weighted by Crippen LogP contribution is 2.36. The molecule has 1 aromatic carbocycles. The van der Waals surface area contributed by atoms with Crippen LogP contribution in [-0.4, -0.2) is 6.10 Å². The van der Waals surface area contributed by atoms with E-state index in [0.29, 0.717) is 0 Å². The fourth-order valence-electron chi connectivity index (χ4n) is 2.82. The molecule has 1 aliphatic rings. The topological polar surface area (TPSA) is 35.2 Å². The molecule has 0 atom stereocenters. The molecule has 2 N–H and O–H groups in total. The van der Waals surface area contributed by atoms with Crippen LogP contribution in [0.4, 0.5) is 0 Å². The molecular weight excluding hydrogens is 222 g/mol. The standard InChI is InChI=1S/C16H25NO/c1-12(2)18-15-8-7-14(11-13(15)3)16(17)9-5-4-6-10-16/h7-8,11-12H,4-6,9-10,17H2,1-3H3. The summed E-state index contributed by atoms with van der Waals surface area (Å²) < 4.78 is 5.78. The Morgan fingerprint density at radius 3 is 2.39 bits per heavy atom. The molecule has 2 nitrogen and oxygen atoms in total. The molecule has 1 fully saturated rings. The van der Waals surface area contributed by atoms with Crippen LogP contribution >= 0.6 is 0 Å². The maximum atomic E-state index is 6.56. The predicted molar refractivity (Wildman–Crippen MR) is 75.9 cm³/mol. The minimum Gasteiger partial charge on any atom is -0.491 e. The van der Waals surface area contributed by atoms with Gasteiger partial charge in [-0.15, -0.1) is 0 Å². The summed E-state index contributed by atoms with van der Waals surface area (Å²) in [6, 6.07) is 6.44. The van der Waals surface area contributed by atoms with E-state index in [9.17, 15) is 0 Å². The number of rotatable bonds is 3. The first-order valence-electron chi connectivity index (χ1n) is 7.08. The van der Waals surface area contributed by atoms with Gasteiger partial charge < -0.3 is 10.5 Å². The van der Waals surface area contributed by atoms with Crippen LogP contribution in [0.15, 0.2) is 18.2 Å². The lowest BCUT2D eigenvalue weighted by Gasteiger charge is -2.34. The van der Waals surface area contributed by atoms with Crippen LogP contribution in [0.25, 0.3) is 0 Å². The third kappa shape index (κ3) is 2.86. The molecule has 0 aliphatic heterocycles. The number of nitrogens with two attached hydrogens (primary N) is 1. The Hall–Kier alpha value is -1.02. The first kappa shape index (κ1) is 13.4. The quantitative estimate of drug-likeness (QED) is 0.879. The van der Waals surface area contributed by atoms with Crippen LogP contribution in [-0.2, 0) is 5.54 Å². The Labute approximate surface area is 111 Å². The zero-order chi connectivity index (χ0) is 13.2. The van der Waals surface area contributed by atoms with Gasteiger partial charge in [0.05, 0.1) is 6.10 Å². The highest BCUT2D eigenvalue weighted by molar-refractivity contribution is 5.39. The fraction of sp³-hybridized carbons (Fsp3) is 0.625. The van der Waals surface area contributed by atoms with Gasteiger partial charge in [-0.2, -0.15) is 0 Å². The average molecular weight is 247 g/mol. The van der Waals surface area contributed by atoms with E-state index in [2.05, 4.69) is 39.0 Å². The number of aryl methyl sites for hydroxylation is 1. The van der Waals surface area contributed by atoms with E-state index in [0.717, 1.165) is 18.6 Å². The molecular formula is C16H25NO. The maximum absolute atomic E-state index is 6.56. The van der Waals surface area contributed by atoms with Crippen molar-refractivity contribution >= 4 is 0 Å². The van der Waals surface area contributed by atoms with Crippen LogP contribution in [0.2, 0.25) is 0 Å². The maximum Gasteiger partial charge on any atom is 0.122 e. The highest BCUT2D eigenvalue weighted by Gasteiger charge is 2.29. The fourth-order valence-corrected chi connectivity index (χ4v) is 2.82. The van der Waals surface area contributed by atoms with Gasteiger partial charge in [0.1, 0.15) is 5.75 Å². The van der Waals surface area contributed by atoms with Crippen molar-refractivity contribution in [1.82, 2.24) is 0 Å². The lowest BCUT2D eigenvalue weighted by molar-refractivity contribution is 0.240. The van der Waals surface area contributed by atoms with Crippen molar-refractivity contribution in [1.29, 1.82) is 0 Å². The van der Waals surface area contributed by atoms with Crippen LogP contribution in [0, 0.1) is 6.92 Å². The predicted octanol–water partition coefficient (Wildman–Crippen LogP) is 3.90. The minimum atomic E-state index is -0.112. The number of ether oxygens (including phenoxy) is 1. The van der Waals surface area contributed by atoms with Crippen LogP contribution in [0.1, 0.15) is 57.1 Å². The molecule has 0 radical (unpaired) electrons. The largest absolute Gasteiger partial charge is 0.491 e. The van der Waals surface area contributed by atoms with Crippen molar-refractivity contribution in [2.45, 2.75) is 64.5 Å². The summed E-state index contributed by atoms with van der Waals surface area (Å²) in [7, 11) is 0. The zero-order valence-corrected chi connectivity index (χ0v) is 11.8. The molecule has 18 heavy (non-hydrogen) atoms. The zero-order valence-electron chi connectivity index (χ0n) is 11.8. The number of hydrogen-bond acceptors (Lipinski definition) is 2. The molecule has 0 heterocycles. The van der Waals surface area contributed by atoms with E-state index in [1.165, 1.54) is 30.4 Å². The van der Waals surface area contributed by atoms with Crippen LogP contribution < -0.4 is 10.5 Å². The summed E-state index contributed by atoms with van der Waals surface area (Å²) in [4.78, 5) is 0. The SMILES string of the molecule is Cc1cc(C2(N)CCCCC2)ccc1OC(C)C. The third-order valence-electron chi connectivity index (χ3n) is 3.86. The van der Waals surface area contributed by atoms with E-state index in [1.54, 1.807) is 0 Å².